The van der Waals surface area contributed by atoms with E-state index >= 15 is 0 Å². The van der Waals surface area contributed by atoms with E-state index in [0.29, 0.717) is 13.0 Å². The summed E-state index contributed by atoms with van der Waals surface area (Å²) < 4.78 is 5.30. The van der Waals surface area contributed by atoms with Gasteiger partial charge in [0.1, 0.15) is 12.6 Å². The highest BCUT2D eigenvalue weighted by molar-refractivity contribution is 6.11. The molecule has 3 aromatic carbocycles. The predicted molar refractivity (Wildman–Crippen MR) is 142 cm³/mol. The topological polar surface area (TPSA) is 66.9 Å². The molecule has 0 unspecified atom stereocenters. The SMILES string of the molecule is CC(C)=CC[C@]1(CC(=O)N2C(=O)OC[C@@H]2c2ccccc2)C(=O)N(Cc2ccccc2)c2ccccc21. The molecule has 0 N–H and O–H groups in total. The Bertz CT molecular complexity index is 1350. The lowest BCUT2D eigenvalue weighted by Crippen LogP contribution is -2.45. The third-order valence-electron chi connectivity index (χ3n) is 7.19. The van der Waals surface area contributed by atoms with Crippen LogP contribution < -0.4 is 4.90 Å². The van der Waals surface area contributed by atoms with Gasteiger partial charge in [0, 0.05) is 12.1 Å². The molecule has 6 nitrogen and oxygen atoms in total. The van der Waals surface area contributed by atoms with Crippen LogP contribution in [0.2, 0.25) is 0 Å². The van der Waals surface area contributed by atoms with Crippen molar-refractivity contribution in [1.29, 1.82) is 0 Å². The summed E-state index contributed by atoms with van der Waals surface area (Å²) in [6, 6.07) is 26.4. The van der Waals surface area contributed by atoms with E-state index in [1.807, 2.05) is 105 Å². The average Bonchev–Trinajstić information content (AvgIpc) is 3.41. The molecular weight excluding hydrogens is 464 g/mol. The molecule has 0 bridgehead atoms. The molecule has 0 aliphatic carbocycles. The van der Waals surface area contributed by atoms with Gasteiger partial charge in [-0.3, -0.25) is 9.59 Å². The van der Waals surface area contributed by atoms with Crippen molar-refractivity contribution >= 4 is 23.6 Å². The zero-order valence-electron chi connectivity index (χ0n) is 21.1. The molecule has 37 heavy (non-hydrogen) atoms. The third kappa shape index (κ3) is 4.55. The normalized spacial score (nSPS) is 20.5. The van der Waals surface area contributed by atoms with Crippen LogP contribution in [0.5, 0.6) is 0 Å². The molecule has 6 heteroatoms. The smallest absolute Gasteiger partial charge is 0.417 e. The first kappa shape index (κ1) is 24.5. The molecule has 2 aliphatic heterocycles. The lowest BCUT2D eigenvalue weighted by Gasteiger charge is -2.30. The monoisotopic (exact) mass is 494 g/mol. The number of fused-ring (bicyclic) bond motifs is 1. The number of ether oxygens (including phenoxy) is 1. The van der Waals surface area contributed by atoms with Crippen LogP contribution in [0.15, 0.2) is 96.6 Å². The maximum absolute atomic E-state index is 14.3. The summed E-state index contributed by atoms with van der Waals surface area (Å²) in [6.45, 7) is 4.46. The van der Waals surface area contributed by atoms with Crippen molar-refractivity contribution in [3.8, 4) is 0 Å². The number of hydrogen-bond donors (Lipinski definition) is 0. The number of hydrogen-bond acceptors (Lipinski definition) is 4. The van der Waals surface area contributed by atoms with Gasteiger partial charge < -0.3 is 9.64 Å². The van der Waals surface area contributed by atoms with Gasteiger partial charge in [0.25, 0.3) is 0 Å². The number of imide groups is 1. The minimum absolute atomic E-state index is 0.0974. The second kappa shape index (κ2) is 10.1. The lowest BCUT2D eigenvalue weighted by atomic mass is 9.75. The van der Waals surface area contributed by atoms with E-state index in [2.05, 4.69) is 0 Å². The Kier molecular flexibility index (Phi) is 6.66. The van der Waals surface area contributed by atoms with Crippen LogP contribution >= 0.6 is 0 Å². The fourth-order valence-corrected chi connectivity index (χ4v) is 5.30. The molecule has 5 rings (SSSR count). The number of carbonyl (C=O) groups excluding carboxylic acids is 3. The van der Waals surface area contributed by atoms with Gasteiger partial charge in [-0.25, -0.2) is 9.69 Å². The van der Waals surface area contributed by atoms with Crippen molar-refractivity contribution in [3.05, 3.63) is 113 Å². The van der Waals surface area contributed by atoms with Gasteiger partial charge in [-0.2, -0.15) is 0 Å². The summed E-state index contributed by atoms with van der Waals surface area (Å²) in [5.41, 5.74) is 3.37. The lowest BCUT2D eigenvalue weighted by molar-refractivity contribution is -0.135. The Morgan fingerprint density at radius 2 is 1.59 bits per heavy atom. The highest BCUT2D eigenvalue weighted by atomic mass is 16.6. The number of cyclic esters (lactones) is 1. The van der Waals surface area contributed by atoms with Gasteiger partial charge in [0.2, 0.25) is 11.8 Å². The maximum atomic E-state index is 14.3. The summed E-state index contributed by atoms with van der Waals surface area (Å²) >= 11 is 0. The van der Waals surface area contributed by atoms with Crippen molar-refractivity contribution in [2.45, 2.75) is 44.7 Å². The minimum Gasteiger partial charge on any atom is -0.446 e. The number of carbonyl (C=O) groups is 3. The molecule has 2 atom stereocenters. The first-order valence-electron chi connectivity index (χ1n) is 12.5. The molecular formula is C31H30N2O4. The van der Waals surface area contributed by atoms with Crippen molar-refractivity contribution in [2.24, 2.45) is 0 Å². The van der Waals surface area contributed by atoms with Crippen molar-refractivity contribution in [3.63, 3.8) is 0 Å². The fourth-order valence-electron chi connectivity index (χ4n) is 5.30. The van der Waals surface area contributed by atoms with Gasteiger partial charge in [0.15, 0.2) is 0 Å². The quantitative estimate of drug-likeness (QED) is 0.382. The van der Waals surface area contributed by atoms with Gasteiger partial charge in [-0.05, 0) is 43.0 Å². The summed E-state index contributed by atoms with van der Waals surface area (Å²) in [5, 5.41) is 0. The van der Waals surface area contributed by atoms with E-state index in [1.54, 1.807) is 4.90 Å². The van der Waals surface area contributed by atoms with Crippen LogP contribution in [0.25, 0.3) is 0 Å². The largest absolute Gasteiger partial charge is 0.446 e. The van der Waals surface area contributed by atoms with Gasteiger partial charge in [-0.15, -0.1) is 0 Å². The molecule has 3 amide bonds. The average molecular weight is 495 g/mol. The molecule has 2 heterocycles. The Morgan fingerprint density at radius 3 is 2.30 bits per heavy atom. The molecule has 188 valence electrons. The number of nitrogens with zero attached hydrogens (tertiary/aromatic N) is 2. The molecule has 0 spiro atoms. The zero-order chi connectivity index (χ0) is 26.0. The van der Waals surface area contributed by atoms with E-state index in [1.165, 1.54) is 4.90 Å². The van der Waals surface area contributed by atoms with Crippen LogP contribution in [0.3, 0.4) is 0 Å². The Labute approximate surface area is 217 Å². The molecule has 1 fully saturated rings. The molecule has 0 aromatic heterocycles. The zero-order valence-corrected chi connectivity index (χ0v) is 21.1. The first-order chi connectivity index (χ1) is 17.9. The van der Waals surface area contributed by atoms with Crippen LogP contribution in [0, 0.1) is 0 Å². The van der Waals surface area contributed by atoms with Crippen LogP contribution in [0.4, 0.5) is 10.5 Å². The molecule has 0 saturated carbocycles. The van der Waals surface area contributed by atoms with Gasteiger partial charge in [-0.1, -0.05) is 90.5 Å². The summed E-state index contributed by atoms with van der Waals surface area (Å²) in [7, 11) is 0. The maximum Gasteiger partial charge on any atom is 0.417 e. The van der Waals surface area contributed by atoms with Crippen LogP contribution in [0.1, 0.15) is 49.4 Å². The molecule has 2 aliphatic rings. The van der Waals surface area contributed by atoms with Gasteiger partial charge >= 0.3 is 6.09 Å². The second-order valence-electron chi connectivity index (χ2n) is 9.91. The Morgan fingerprint density at radius 1 is 0.946 bits per heavy atom. The van der Waals surface area contributed by atoms with Gasteiger partial charge in [0.05, 0.1) is 12.0 Å². The van der Waals surface area contributed by atoms with E-state index in [4.69, 9.17) is 4.74 Å². The predicted octanol–water partition coefficient (Wildman–Crippen LogP) is 5.94. The molecule has 3 aromatic rings. The van der Waals surface area contributed by atoms with E-state index in [0.717, 1.165) is 28.0 Å². The number of rotatable bonds is 7. The summed E-state index contributed by atoms with van der Waals surface area (Å²) in [4.78, 5) is 43.9. The number of benzene rings is 3. The number of allylic oxidation sites excluding steroid dienone is 2. The number of amides is 3. The number of para-hydroxylation sites is 1. The highest BCUT2D eigenvalue weighted by Crippen LogP contribution is 2.48. The van der Waals surface area contributed by atoms with Crippen molar-refractivity contribution in [1.82, 2.24) is 4.90 Å². The minimum atomic E-state index is -1.12. The van der Waals surface area contributed by atoms with Crippen molar-refractivity contribution in [2.75, 3.05) is 11.5 Å². The Balaban J connectivity index is 1.54. The summed E-state index contributed by atoms with van der Waals surface area (Å²) in [5.74, 6) is -0.546. The van der Waals surface area contributed by atoms with Crippen LogP contribution in [-0.2, 0) is 26.3 Å². The second-order valence-corrected chi connectivity index (χ2v) is 9.91. The highest BCUT2D eigenvalue weighted by Gasteiger charge is 2.53. The van der Waals surface area contributed by atoms with Crippen LogP contribution in [-0.4, -0.2) is 29.4 Å². The third-order valence-corrected chi connectivity index (χ3v) is 7.19. The Hall–Kier alpha value is -4.19. The van der Waals surface area contributed by atoms with Crippen molar-refractivity contribution < 1.29 is 19.1 Å². The standard InChI is InChI=1S/C31H30N2O4/c1-22(2)17-18-31(19-28(34)33-27(21-37-30(33)36)24-13-7-4-8-14-24)25-15-9-10-16-26(25)32(29(31)35)20-23-11-5-3-6-12-23/h3-17,27H,18-21H2,1-2H3/t27-,31-/m1/s1. The first-order valence-corrected chi connectivity index (χ1v) is 12.5. The number of anilines is 1. The van der Waals surface area contributed by atoms with E-state index in [9.17, 15) is 14.4 Å². The summed E-state index contributed by atoms with van der Waals surface area (Å²) in [6.07, 6.45) is 1.57. The molecule has 0 radical (unpaired) electrons. The molecule has 1 saturated heterocycles. The fraction of sp³-hybridized carbons (Fsp3) is 0.258. The van der Waals surface area contributed by atoms with E-state index in [-0.39, 0.29) is 18.9 Å². The van der Waals surface area contributed by atoms with E-state index < -0.39 is 23.5 Å².